The average Bonchev–Trinajstić information content (AvgIpc) is 3.55. The van der Waals surface area contributed by atoms with E-state index in [0.717, 1.165) is 29.7 Å². The molecule has 1 unspecified atom stereocenters. The van der Waals surface area contributed by atoms with Crippen molar-refractivity contribution >= 4 is 28.2 Å². The van der Waals surface area contributed by atoms with Crippen LogP contribution < -0.4 is 15.2 Å². The summed E-state index contributed by atoms with van der Waals surface area (Å²) in [5, 5.41) is 8.91. The Morgan fingerprint density at radius 3 is 2.58 bits per heavy atom. The van der Waals surface area contributed by atoms with Crippen molar-refractivity contribution in [2.24, 2.45) is 5.73 Å². The van der Waals surface area contributed by atoms with Gasteiger partial charge in [-0.3, -0.25) is 14.3 Å². The SMILES string of the molecule is C=S1CCN(C(=O)c2nn(-c3cc(F)cc(F)c3)c3c2COc2cc(OC)c(-c4cnn(CC(N)=O)c4)cc2-3)C(C)(C)C1. The number of fused-ring (bicyclic) bond motifs is 3. The van der Waals surface area contributed by atoms with E-state index >= 15 is 0 Å². The number of carbonyl (C=O) groups is 2. The van der Waals surface area contributed by atoms with Crippen LogP contribution in [0.15, 0.2) is 42.7 Å². The molecule has 10 nitrogen and oxygen atoms in total. The Balaban J connectivity index is 1.55. The smallest absolute Gasteiger partial charge is 0.275 e. The van der Waals surface area contributed by atoms with Crippen LogP contribution in [-0.4, -0.2) is 72.8 Å². The van der Waals surface area contributed by atoms with Crippen molar-refractivity contribution in [3.63, 3.8) is 0 Å². The summed E-state index contributed by atoms with van der Waals surface area (Å²) in [6, 6.07) is 6.60. The Hall–Kier alpha value is -4.52. The van der Waals surface area contributed by atoms with Gasteiger partial charge in [-0.15, -0.1) is 0 Å². The van der Waals surface area contributed by atoms with Gasteiger partial charge < -0.3 is 20.1 Å². The molecule has 1 fully saturated rings. The molecule has 0 bridgehead atoms. The monoisotopic (exact) mass is 608 g/mol. The second-order valence-electron chi connectivity index (χ2n) is 11.2. The molecule has 0 saturated carbocycles. The van der Waals surface area contributed by atoms with Crippen LogP contribution in [0.4, 0.5) is 8.78 Å². The van der Waals surface area contributed by atoms with Gasteiger partial charge in [0.15, 0.2) is 5.69 Å². The number of aromatic nitrogens is 4. The fourth-order valence-corrected chi connectivity index (χ4v) is 7.46. The molecule has 4 heterocycles. The Morgan fingerprint density at radius 1 is 1.16 bits per heavy atom. The highest BCUT2D eigenvalue weighted by atomic mass is 32.2. The maximum atomic E-state index is 14.5. The van der Waals surface area contributed by atoms with Crippen molar-refractivity contribution in [2.75, 3.05) is 25.2 Å². The van der Waals surface area contributed by atoms with E-state index in [4.69, 9.17) is 15.2 Å². The van der Waals surface area contributed by atoms with Gasteiger partial charge in [-0.25, -0.2) is 13.5 Å². The normalized spacial score (nSPS) is 17.1. The Labute approximate surface area is 248 Å². The number of ether oxygens (including phenoxy) is 2. The molecule has 0 aliphatic carbocycles. The van der Waals surface area contributed by atoms with Gasteiger partial charge in [0.1, 0.15) is 36.3 Å². The number of amides is 2. The van der Waals surface area contributed by atoms with Crippen molar-refractivity contribution < 1.29 is 27.8 Å². The van der Waals surface area contributed by atoms with Crippen LogP contribution in [0.2, 0.25) is 0 Å². The lowest BCUT2D eigenvalue weighted by atomic mass is 9.96. The third-order valence-electron chi connectivity index (χ3n) is 7.61. The maximum Gasteiger partial charge on any atom is 0.275 e. The first-order chi connectivity index (χ1) is 20.4. The van der Waals surface area contributed by atoms with Gasteiger partial charge in [0, 0.05) is 64.2 Å². The Morgan fingerprint density at radius 2 is 1.91 bits per heavy atom. The second-order valence-corrected chi connectivity index (χ2v) is 13.1. The van der Waals surface area contributed by atoms with E-state index in [-0.39, 0.29) is 40.9 Å². The highest BCUT2D eigenvalue weighted by Crippen LogP contribution is 2.46. The quantitative estimate of drug-likeness (QED) is 0.331. The van der Waals surface area contributed by atoms with Crippen LogP contribution in [-0.2, 0) is 17.9 Å². The summed E-state index contributed by atoms with van der Waals surface area (Å²) < 4.78 is 43.5. The Bertz CT molecular complexity index is 1790. The van der Waals surface area contributed by atoms with E-state index in [2.05, 4.69) is 16.1 Å². The maximum absolute atomic E-state index is 14.5. The largest absolute Gasteiger partial charge is 0.496 e. The first-order valence-corrected chi connectivity index (χ1v) is 15.2. The minimum absolute atomic E-state index is 0.00816. The van der Waals surface area contributed by atoms with Gasteiger partial charge >= 0.3 is 0 Å². The molecule has 13 heteroatoms. The lowest BCUT2D eigenvalue weighted by Gasteiger charge is -2.43. The van der Waals surface area contributed by atoms with Crippen molar-refractivity contribution in [3.8, 4) is 39.6 Å². The molecule has 224 valence electrons. The first kappa shape index (κ1) is 28.6. The van der Waals surface area contributed by atoms with Gasteiger partial charge in [-0.1, -0.05) is 5.87 Å². The fourth-order valence-electron chi connectivity index (χ4n) is 5.72. The fraction of sp³-hybridized carbons (Fsp3) is 0.300. The minimum Gasteiger partial charge on any atom is -0.496 e. The van der Waals surface area contributed by atoms with E-state index in [9.17, 15) is 18.4 Å². The highest BCUT2D eigenvalue weighted by Gasteiger charge is 2.39. The molecule has 1 atom stereocenters. The molecule has 4 aromatic rings. The third kappa shape index (κ3) is 5.18. The van der Waals surface area contributed by atoms with Crippen LogP contribution in [0.1, 0.15) is 29.9 Å². The van der Waals surface area contributed by atoms with Gasteiger partial charge in [0.05, 0.1) is 24.7 Å². The number of carbonyl (C=O) groups excluding carboxylic acids is 2. The number of methoxy groups -OCH3 is 1. The molecular formula is C30H30F2N6O4S. The van der Waals surface area contributed by atoms with E-state index in [1.54, 1.807) is 29.4 Å². The molecule has 2 aliphatic heterocycles. The molecular weight excluding hydrogens is 578 g/mol. The zero-order valence-electron chi connectivity index (χ0n) is 23.9. The summed E-state index contributed by atoms with van der Waals surface area (Å²) in [4.78, 5) is 27.4. The predicted molar refractivity (Wildman–Crippen MR) is 160 cm³/mol. The topological polar surface area (TPSA) is 118 Å². The molecule has 43 heavy (non-hydrogen) atoms. The van der Waals surface area contributed by atoms with Gasteiger partial charge in [-0.2, -0.15) is 20.7 Å². The van der Waals surface area contributed by atoms with Crippen LogP contribution in [0.25, 0.3) is 28.1 Å². The number of hydrogen-bond acceptors (Lipinski definition) is 6. The van der Waals surface area contributed by atoms with E-state index in [1.807, 2.05) is 13.8 Å². The predicted octanol–water partition coefficient (Wildman–Crippen LogP) is 4.00. The summed E-state index contributed by atoms with van der Waals surface area (Å²) in [6.45, 7) is 4.43. The molecule has 2 aromatic carbocycles. The van der Waals surface area contributed by atoms with Crippen molar-refractivity contribution in [2.45, 2.75) is 32.5 Å². The van der Waals surface area contributed by atoms with Gasteiger partial charge in [-0.05, 0) is 32.0 Å². The molecule has 6 rings (SSSR count). The number of halogens is 2. The first-order valence-electron chi connectivity index (χ1n) is 13.5. The molecule has 2 N–H and O–H groups in total. The molecule has 2 amide bonds. The van der Waals surface area contributed by atoms with Crippen molar-refractivity contribution in [1.82, 2.24) is 24.5 Å². The third-order valence-corrected chi connectivity index (χ3v) is 9.48. The highest BCUT2D eigenvalue weighted by molar-refractivity contribution is 8.14. The van der Waals surface area contributed by atoms with Crippen molar-refractivity contribution in [1.29, 1.82) is 0 Å². The summed E-state index contributed by atoms with van der Waals surface area (Å²) in [6.07, 6.45) is 3.23. The van der Waals surface area contributed by atoms with E-state index in [0.29, 0.717) is 46.0 Å². The number of nitrogens with two attached hydrogens (primary N) is 1. The number of primary amides is 1. The molecule has 2 aliphatic rings. The standard InChI is InChI=1S/C30H30F2N6O4S/c1-30(2)16-43(4)6-5-37(30)29(40)27-23-15-42-25-11-24(41-3)21(17-12-34-36(13-17)14-26(33)39)10-22(25)28(23)38(35-27)20-8-18(31)7-19(32)9-20/h7-13H,4-6,14-16H2,1-3H3,(H2,33,39). The second kappa shape index (κ2) is 10.6. The number of nitrogens with zero attached hydrogens (tertiary/aromatic N) is 5. The van der Waals surface area contributed by atoms with Crippen LogP contribution in [0, 0.1) is 11.6 Å². The Kier molecular flexibility index (Phi) is 7.07. The van der Waals surface area contributed by atoms with Crippen LogP contribution >= 0.6 is 10.5 Å². The molecule has 0 radical (unpaired) electrons. The van der Waals surface area contributed by atoms with Crippen LogP contribution in [0.3, 0.4) is 0 Å². The number of rotatable bonds is 6. The van der Waals surface area contributed by atoms with Crippen LogP contribution in [0.5, 0.6) is 11.5 Å². The molecule has 2 aromatic heterocycles. The van der Waals surface area contributed by atoms with Crippen molar-refractivity contribution in [3.05, 3.63) is 65.6 Å². The molecule has 0 spiro atoms. The van der Waals surface area contributed by atoms with Gasteiger partial charge in [0.25, 0.3) is 5.91 Å². The summed E-state index contributed by atoms with van der Waals surface area (Å²) in [7, 11) is 1.45. The molecule has 1 saturated heterocycles. The van der Waals surface area contributed by atoms with Gasteiger partial charge in [0.2, 0.25) is 5.91 Å². The average molecular weight is 609 g/mol. The zero-order chi connectivity index (χ0) is 30.6. The number of hydrogen-bond donors (Lipinski definition) is 1. The minimum atomic E-state index is -0.781. The number of benzene rings is 2. The summed E-state index contributed by atoms with van der Waals surface area (Å²) in [5.41, 5.74) is 7.88. The summed E-state index contributed by atoms with van der Waals surface area (Å²) in [5.74, 6) is 4.26. The van der Waals surface area contributed by atoms with E-state index in [1.165, 1.54) is 16.5 Å². The summed E-state index contributed by atoms with van der Waals surface area (Å²) >= 11 is 0. The zero-order valence-corrected chi connectivity index (χ0v) is 24.7. The lowest BCUT2D eigenvalue weighted by molar-refractivity contribution is -0.118. The lowest BCUT2D eigenvalue weighted by Crippen LogP contribution is -2.54. The van der Waals surface area contributed by atoms with E-state index < -0.39 is 23.1 Å².